The van der Waals surface area contributed by atoms with Gasteiger partial charge in [0.05, 0.1) is 18.8 Å². The summed E-state index contributed by atoms with van der Waals surface area (Å²) in [7, 11) is 0. The first kappa shape index (κ1) is 22.2. The quantitative estimate of drug-likeness (QED) is 0.557. The van der Waals surface area contributed by atoms with E-state index in [-0.39, 0.29) is 25.0 Å². The molecule has 3 aromatic carbocycles. The molecule has 0 unspecified atom stereocenters. The number of hydrogen-bond donors (Lipinski definition) is 1. The Hall–Kier alpha value is -4.00. The zero-order valence-electron chi connectivity index (χ0n) is 18.7. The van der Waals surface area contributed by atoms with Crippen LogP contribution in [0.1, 0.15) is 18.1 Å². The maximum Gasteiger partial charge on any atom is 0.265 e. The van der Waals surface area contributed by atoms with Gasteiger partial charge < -0.3 is 24.4 Å². The Kier molecular flexibility index (Phi) is 6.78. The van der Waals surface area contributed by atoms with E-state index in [4.69, 9.17) is 14.2 Å². The summed E-state index contributed by atoms with van der Waals surface area (Å²) >= 11 is 0. The summed E-state index contributed by atoms with van der Waals surface area (Å²) < 4.78 is 16.5. The van der Waals surface area contributed by atoms with Gasteiger partial charge in [-0.25, -0.2) is 0 Å². The molecule has 7 heteroatoms. The summed E-state index contributed by atoms with van der Waals surface area (Å²) in [5.74, 6) is 1.48. The van der Waals surface area contributed by atoms with E-state index in [1.807, 2.05) is 38.1 Å². The number of carbonyl (C=O) groups excluding carboxylic acids is 2. The SMILES string of the molecule is CCOc1ccc(OCC(=O)Nc2ccc3c(c2)N(Cc2ccc(C)cc2)C(=O)CO3)cc1. The van der Waals surface area contributed by atoms with E-state index in [1.54, 1.807) is 47.4 Å². The Morgan fingerprint density at radius 3 is 2.39 bits per heavy atom. The molecule has 1 aliphatic heterocycles. The minimum Gasteiger partial charge on any atom is -0.494 e. The van der Waals surface area contributed by atoms with Crippen LogP contribution in [0.3, 0.4) is 0 Å². The maximum absolute atomic E-state index is 12.6. The number of nitrogens with zero attached hydrogens (tertiary/aromatic N) is 1. The molecule has 170 valence electrons. The highest BCUT2D eigenvalue weighted by Gasteiger charge is 2.26. The molecule has 2 amide bonds. The van der Waals surface area contributed by atoms with E-state index in [0.29, 0.717) is 36.0 Å². The molecule has 0 atom stereocenters. The average molecular weight is 447 g/mol. The summed E-state index contributed by atoms with van der Waals surface area (Å²) in [6, 6.07) is 20.4. The molecule has 0 radical (unpaired) electrons. The van der Waals surface area contributed by atoms with Crippen molar-refractivity contribution in [2.75, 3.05) is 30.0 Å². The molecule has 0 saturated heterocycles. The monoisotopic (exact) mass is 446 g/mol. The number of nitrogens with one attached hydrogen (secondary N) is 1. The van der Waals surface area contributed by atoms with Crippen molar-refractivity contribution in [1.82, 2.24) is 0 Å². The number of aryl methyl sites for hydroxylation is 1. The van der Waals surface area contributed by atoms with Crippen LogP contribution >= 0.6 is 0 Å². The maximum atomic E-state index is 12.6. The highest BCUT2D eigenvalue weighted by molar-refractivity contribution is 5.99. The third kappa shape index (κ3) is 5.63. The third-order valence-corrected chi connectivity index (χ3v) is 5.15. The summed E-state index contributed by atoms with van der Waals surface area (Å²) in [6.45, 7) is 4.79. The smallest absolute Gasteiger partial charge is 0.265 e. The van der Waals surface area contributed by atoms with Gasteiger partial charge in [0.15, 0.2) is 13.2 Å². The number of rotatable bonds is 8. The van der Waals surface area contributed by atoms with E-state index in [1.165, 1.54) is 0 Å². The van der Waals surface area contributed by atoms with Crippen molar-refractivity contribution >= 4 is 23.2 Å². The summed E-state index contributed by atoms with van der Waals surface area (Å²) in [5.41, 5.74) is 3.35. The first-order valence-electron chi connectivity index (χ1n) is 10.8. The Balaban J connectivity index is 1.41. The predicted molar refractivity (Wildman–Crippen MR) is 126 cm³/mol. The van der Waals surface area contributed by atoms with E-state index in [0.717, 1.165) is 16.9 Å². The predicted octanol–water partition coefficient (Wildman–Crippen LogP) is 4.34. The van der Waals surface area contributed by atoms with Crippen LogP contribution in [0, 0.1) is 6.92 Å². The number of anilines is 2. The topological polar surface area (TPSA) is 77.1 Å². The van der Waals surface area contributed by atoms with Crippen molar-refractivity contribution in [2.45, 2.75) is 20.4 Å². The molecular formula is C26H26N2O5. The fraction of sp³-hybridized carbons (Fsp3) is 0.231. The van der Waals surface area contributed by atoms with Crippen molar-refractivity contribution in [3.8, 4) is 17.2 Å². The Bertz CT molecular complexity index is 1130. The van der Waals surface area contributed by atoms with E-state index < -0.39 is 0 Å². The number of hydrogen-bond acceptors (Lipinski definition) is 5. The molecule has 0 bridgehead atoms. The number of carbonyl (C=O) groups is 2. The third-order valence-electron chi connectivity index (χ3n) is 5.15. The molecular weight excluding hydrogens is 420 g/mol. The van der Waals surface area contributed by atoms with Crippen LogP contribution in [-0.4, -0.2) is 31.6 Å². The van der Waals surface area contributed by atoms with Crippen LogP contribution in [0.15, 0.2) is 66.7 Å². The molecule has 0 saturated carbocycles. The van der Waals surface area contributed by atoms with Gasteiger partial charge in [-0.3, -0.25) is 9.59 Å². The lowest BCUT2D eigenvalue weighted by molar-refractivity contribution is -0.121. The van der Waals surface area contributed by atoms with Gasteiger partial charge in [0.25, 0.3) is 11.8 Å². The minimum atomic E-state index is -0.308. The van der Waals surface area contributed by atoms with Crippen LogP contribution in [0.25, 0.3) is 0 Å². The first-order chi connectivity index (χ1) is 16.0. The van der Waals surface area contributed by atoms with Crippen LogP contribution in [0.2, 0.25) is 0 Å². The molecule has 4 rings (SSSR count). The lowest BCUT2D eigenvalue weighted by Crippen LogP contribution is -2.38. The van der Waals surface area contributed by atoms with Crippen molar-refractivity contribution in [1.29, 1.82) is 0 Å². The molecule has 0 fully saturated rings. The highest BCUT2D eigenvalue weighted by Crippen LogP contribution is 2.35. The minimum absolute atomic E-state index is 0.0134. The van der Waals surface area contributed by atoms with Crippen LogP contribution in [0.4, 0.5) is 11.4 Å². The molecule has 7 nitrogen and oxygen atoms in total. The van der Waals surface area contributed by atoms with Crippen molar-refractivity contribution in [3.63, 3.8) is 0 Å². The van der Waals surface area contributed by atoms with Gasteiger partial charge in [-0.05, 0) is 61.9 Å². The van der Waals surface area contributed by atoms with Gasteiger partial charge in [0, 0.05) is 5.69 Å². The van der Waals surface area contributed by atoms with Gasteiger partial charge in [-0.15, -0.1) is 0 Å². The zero-order valence-corrected chi connectivity index (χ0v) is 18.7. The van der Waals surface area contributed by atoms with Crippen LogP contribution in [0.5, 0.6) is 17.2 Å². The molecule has 3 aromatic rings. The van der Waals surface area contributed by atoms with Crippen molar-refractivity contribution in [2.24, 2.45) is 0 Å². The standard InChI is InChI=1S/C26H26N2O5/c1-3-31-21-9-11-22(12-10-21)32-16-25(29)27-20-8-13-24-23(14-20)28(26(30)17-33-24)15-19-6-4-18(2)5-7-19/h4-14H,3,15-17H2,1-2H3,(H,27,29). The van der Waals surface area contributed by atoms with Crippen LogP contribution < -0.4 is 24.4 Å². The summed E-state index contributed by atoms with van der Waals surface area (Å²) in [5, 5.41) is 2.82. The van der Waals surface area contributed by atoms with Gasteiger partial charge in [-0.2, -0.15) is 0 Å². The average Bonchev–Trinajstić information content (AvgIpc) is 2.82. The molecule has 1 aliphatic rings. The molecule has 33 heavy (non-hydrogen) atoms. The van der Waals surface area contributed by atoms with Gasteiger partial charge >= 0.3 is 0 Å². The summed E-state index contributed by atoms with van der Waals surface area (Å²) in [4.78, 5) is 26.7. The fourth-order valence-electron chi connectivity index (χ4n) is 3.47. The lowest BCUT2D eigenvalue weighted by Gasteiger charge is -2.30. The number of fused-ring (bicyclic) bond motifs is 1. The van der Waals surface area contributed by atoms with Crippen molar-refractivity contribution < 1.29 is 23.8 Å². The van der Waals surface area contributed by atoms with Crippen LogP contribution in [-0.2, 0) is 16.1 Å². The van der Waals surface area contributed by atoms with Gasteiger partial charge in [0.1, 0.15) is 17.2 Å². The largest absolute Gasteiger partial charge is 0.494 e. The van der Waals surface area contributed by atoms with E-state index in [9.17, 15) is 9.59 Å². The Morgan fingerprint density at radius 1 is 1.00 bits per heavy atom. The molecule has 0 spiro atoms. The fourth-order valence-corrected chi connectivity index (χ4v) is 3.47. The zero-order chi connectivity index (χ0) is 23.2. The molecule has 1 N–H and O–H groups in total. The number of benzene rings is 3. The second-order valence-corrected chi connectivity index (χ2v) is 7.68. The van der Waals surface area contributed by atoms with E-state index >= 15 is 0 Å². The van der Waals surface area contributed by atoms with Gasteiger partial charge in [-0.1, -0.05) is 29.8 Å². The molecule has 1 heterocycles. The molecule has 0 aliphatic carbocycles. The van der Waals surface area contributed by atoms with E-state index in [2.05, 4.69) is 5.32 Å². The summed E-state index contributed by atoms with van der Waals surface area (Å²) in [6.07, 6.45) is 0. The normalized spacial score (nSPS) is 12.5. The Morgan fingerprint density at radius 2 is 1.70 bits per heavy atom. The van der Waals surface area contributed by atoms with Gasteiger partial charge in [0.2, 0.25) is 0 Å². The number of ether oxygens (including phenoxy) is 3. The second-order valence-electron chi connectivity index (χ2n) is 7.68. The number of amides is 2. The second kappa shape index (κ2) is 10.1. The van der Waals surface area contributed by atoms with Crippen molar-refractivity contribution in [3.05, 3.63) is 77.9 Å². The lowest BCUT2D eigenvalue weighted by atomic mass is 10.1. The molecule has 0 aromatic heterocycles. The Labute approximate surface area is 192 Å². The highest BCUT2D eigenvalue weighted by atomic mass is 16.5. The first-order valence-corrected chi connectivity index (χ1v) is 10.8.